The van der Waals surface area contributed by atoms with Gasteiger partial charge in [-0.05, 0) is 31.4 Å². The van der Waals surface area contributed by atoms with Gasteiger partial charge in [-0.25, -0.2) is 0 Å². The number of nitrogens with zero attached hydrogens (tertiary/aromatic N) is 1. The van der Waals surface area contributed by atoms with E-state index in [0.717, 1.165) is 19.3 Å². The highest BCUT2D eigenvalue weighted by Crippen LogP contribution is 2.31. The Morgan fingerprint density at radius 2 is 2.00 bits per heavy atom. The number of anilines is 1. The van der Waals surface area contributed by atoms with Crippen LogP contribution in [-0.4, -0.2) is 31.0 Å². The highest BCUT2D eigenvalue weighted by Gasteiger charge is 2.27. The Morgan fingerprint density at radius 3 is 2.74 bits per heavy atom. The van der Waals surface area contributed by atoms with E-state index >= 15 is 0 Å². The molecule has 0 saturated carbocycles. The molecular weight excluding hydrogens is 292 g/mol. The zero-order chi connectivity index (χ0) is 16.8. The monoisotopic (exact) mass is 318 g/mol. The van der Waals surface area contributed by atoms with Crippen LogP contribution in [0.15, 0.2) is 24.3 Å². The van der Waals surface area contributed by atoms with Crippen molar-refractivity contribution in [2.45, 2.75) is 46.1 Å². The maximum atomic E-state index is 12.2. The number of ether oxygens (including phenoxy) is 1. The number of fused-ring (bicyclic) bond motifs is 1. The van der Waals surface area contributed by atoms with Crippen molar-refractivity contribution in [3.63, 3.8) is 0 Å². The lowest BCUT2D eigenvalue weighted by atomic mass is 10.0. The van der Waals surface area contributed by atoms with Crippen LogP contribution in [0.25, 0.3) is 0 Å². The van der Waals surface area contributed by atoms with Gasteiger partial charge in [-0.3, -0.25) is 14.5 Å². The third kappa shape index (κ3) is 4.98. The highest BCUT2D eigenvalue weighted by atomic mass is 16.5. The number of hydrogen-bond acceptors (Lipinski definition) is 3. The smallest absolute Gasteiger partial charge is 0.265 e. The van der Waals surface area contributed by atoms with Crippen LogP contribution < -0.4 is 15.0 Å². The second-order valence-electron chi connectivity index (χ2n) is 6.53. The molecule has 1 heterocycles. The van der Waals surface area contributed by atoms with Crippen LogP contribution in [0.4, 0.5) is 5.69 Å². The summed E-state index contributed by atoms with van der Waals surface area (Å²) in [5.74, 6) is 1.00. The number of benzene rings is 1. The predicted octanol–water partition coefficient (Wildman–Crippen LogP) is 2.74. The summed E-state index contributed by atoms with van der Waals surface area (Å²) in [7, 11) is 0. The molecule has 0 radical (unpaired) electrons. The van der Waals surface area contributed by atoms with Crippen molar-refractivity contribution in [2.75, 3.05) is 18.1 Å². The molecule has 1 aromatic rings. The van der Waals surface area contributed by atoms with Gasteiger partial charge in [0.25, 0.3) is 5.91 Å². The molecule has 0 spiro atoms. The number of amides is 2. The van der Waals surface area contributed by atoms with Crippen LogP contribution >= 0.6 is 0 Å². The number of rotatable bonds is 7. The van der Waals surface area contributed by atoms with Gasteiger partial charge in [0.1, 0.15) is 12.3 Å². The van der Waals surface area contributed by atoms with E-state index in [0.29, 0.717) is 17.4 Å². The quantitative estimate of drug-likeness (QED) is 0.841. The molecule has 1 aromatic carbocycles. The summed E-state index contributed by atoms with van der Waals surface area (Å²) in [5, 5.41) is 2.98. The van der Waals surface area contributed by atoms with Crippen molar-refractivity contribution in [3.8, 4) is 5.75 Å². The summed E-state index contributed by atoms with van der Waals surface area (Å²) in [5.41, 5.74) is 0.659. The van der Waals surface area contributed by atoms with Gasteiger partial charge in [0.15, 0.2) is 6.61 Å². The Morgan fingerprint density at radius 1 is 1.26 bits per heavy atom. The van der Waals surface area contributed by atoms with E-state index in [1.54, 1.807) is 12.1 Å². The van der Waals surface area contributed by atoms with E-state index in [9.17, 15) is 9.59 Å². The van der Waals surface area contributed by atoms with Gasteiger partial charge in [0.2, 0.25) is 5.91 Å². The van der Waals surface area contributed by atoms with Gasteiger partial charge >= 0.3 is 0 Å². The van der Waals surface area contributed by atoms with Gasteiger partial charge in [-0.15, -0.1) is 0 Å². The van der Waals surface area contributed by atoms with Crippen LogP contribution in [0, 0.1) is 5.92 Å². The number of nitrogens with one attached hydrogen (secondary N) is 1. The summed E-state index contributed by atoms with van der Waals surface area (Å²) in [6.07, 6.45) is 3.21. The molecule has 23 heavy (non-hydrogen) atoms. The maximum Gasteiger partial charge on any atom is 0.265 e. The Hall–Kier alpha value is -2.04. The fraction of sp³-hybridized carbons (Fsp3) is 0.556. The average molecular weight is 318 g/mol. The maximum absolute atomic E-state index is 12.2. The van der Waals surface area contributed by atoms with Gasteiger partial charge in [0.05, 0.1) is 5.69 Å². The van der Waals surface area contributed by atoms with E-state index < -0.39 is 0 Å². The predicted molar refractivity (Wildman–Crippen MR) is 90.6 cm³/mol. The van der Waals surface area contributed by atoms with Crippen LogP contribution in [0.5, 0.6) is 5.75 Å². The lowest BCUT2D eigenvalue weighted by Crippen LogP contribution is -2.46. The molecule has 5 heteroatoms. The molecule has 2 rings (SSSR count). The van der Waals surface area contributed by atoms with E-state index in [1.165, 1.54) is 4.90 Å². The molecule has 0 saturated heterocycles. The molecule has 0 unspecified atom stereocenters. The molecule has 0 fully saturated rings. The second kappa shape index (κ2) is 7.99. The topological polar surface area (TPSA) is 58.6 Å². The molecule has 1 atom stereocenters. The van der Waals surface area contributed by atoms with Gasteiger partial charge in [-0.2, -0.15) is 0 Å². The number of hydrogen-bond donors (Lipinski definition) is 1. The molecule has 0 aromatic heterocycles. The third-order valence-electron chi connectivity index (χ3n) is 3.94. The van der Waals surface area contributed by atoms with Crippen LogP contribution in [0.2, 0.25) is 0 Å². The Kier molecular flexibility index (Phi) is 6.02. The van der Waals surface area contributed by atoms with E-state index in [4.69, 9.17) is 4.74 Å². The first-order valence-corrected chi connectivity index (χ1v) is 8.29. The number of para-hydroxylation sites is 2. The summed E-state index contributed by atoms with van der Waals surface area (Å²) in [6.45, 7) is 6.42. The summed E-state index contributed by atoms with van der Waals surface area (Å²) in [4.78, 5) is 25.8. The lowest BCUT2D eigenvalue weighted by molar-refractivity contribution is -0.125. The molecule has 2 amide bonds. The average Bonchev–Trinajstić information content (AvgIpc) is 2.49. The standard InChI is InChI=1S/C18H26N2O3/c1-13(2)7-6-8-14(3)19-17(21)11-20-15-9-4-5-10-16(15)23-12-18(20)22/h4-5,9-10,13-14H,6-8,11-12H2,1-3H3,(H,19,21)/t14-/m0/s1. The summed E-state index contributed by atoms with van der Waals surface area (Å²) < 4.78 is 5.38. The fourth-order valence-corrected chi connectivity index (χ4v) is 2.70. The molecule has 0 bridgehead atoms. The van der Waals surface area contributed by atoms with Gasteiger partial charge in [0, 0.05) is 6.04 Å². The minimum absolute atomic E-state index is 0.0196. The first kappa shape index (κ1) is 17.3. The Bertz CT molecular complexity index is 557. The summed E-state index contributed by atoms with van der Waals surface area (Å²) in [6, 6.07) is 7.41. The molecular formula is C18H26N2O3. The second-order valence-corrected chi connectivity index (χ2v) is 6.53. The van der Waals surface area contributed by atoms with Crippen molar-refractivity contribution >= 4 is 17.5 Å². The van der Waals surface area contributed by atoms with E-state index in [2.05, 4.69) is 19.2 Å². The molecule has 1 aliphatic rings. The van der Waals surface area contributed by atoms with E-state index in [1.807, 2.05) is 19.1 Å². The molecule has 1 N–H and O–H groups in total. The first-order chi connectivity index (χ1) is 11.0. The normalized spacial score (nSPS) is 15.1. The molecule has 0 aliphatic carbocycles. The fourth-order valence-electron chi connectivity index (χ4n) is 2.70. The minimum Gasteiger partial charge on any atom is -0.482 e. The first-order valence-electron chi connectivity index (χ1n) is 8.29. The van der Waals surface area contributed by atoms with Crippen molar-refractivity contribution in [2.24, 2.45) is 5.92 Å². The SMILES string of the molecule is CC(C)CCC[C@H](C)NC(=O)CN1C(=O)COc2ccccc21. The highest BCUT2D eigenvalue weighted by molar-refractivity contribution is 6.02. The van der Waals surface area contributed by atoms with Gasteiger partial charge in [-0.1, -0.05) is 38.8 Å². The van der Waals surface area contributed by atoms with Gasteiger partial charge < -0.3 is 10.1 Å². The molecule has 126 valence electrons. The van der Waals surface area contributed by atoms with Crippen LogP contribution in [-0.2, 0) is 9.59 Å². The van der Waals surface area contributed by atoms with Crippen molar-refractivity contribution in [1.82, 2.24) is 5.32 Å². The zero-order valence-corrected chi connectivity index (χ0v) is 14.2. The largest absolute Gasteiger partial charge is 0.482 e. The lowest BCUT2D eigenvalue weighted by Gasteiger charge is -2.29. The van der Waals surface area contributed by atoms with Crippen molar-refractivity contribution < 1.29 is 14.3 Å². The van der Waals surface area contributed by atoms with Crippen LogP contribution in [0.3, 0.4) is 0 Å². The molecule has 1 aliphatic heterocycles. The molecule has 5 nitrogen and oxygen atoms in total. The Balaban J connectivity index is 1.88. The Labute approximate surface area is 138 Å². The zero-order valence-electron chi connectivity index (χ0n) is 14.2. The van der Waals surface area contributed by atoms with Crippen molar-refractivity contribution in [1.29, 1.82) is 0 Å². The van der Waals surface area contributed by atoms with Crippen LogP contribution in [0.1, 0.15) is 40.0 Å². The van der Waals surface area contributed by atoms with Crippen molar-refractivity contribution in [3.05, 3.63) is 24.3 Å². The summed E-state index contributed by atoms with van der Waals surface area (Å²) >= 11 is 0. The number of carbonyl (C=O) groups is 2. The number of carbonyl (C=O) groups excluding carboxylic acids is 2. The van der Waals surface area contributed by atoms with E-state index in [-0.39, 0.29) is 31.0 Å². The minimum atomic E-state index is -0.189. The third-order valence-corrected chi connectivity index (χ3v) is 3.94.